The summed E-state index contributed by atoms with van der Waals surface area (Å²) in [5.74, 6) is 4.78. The van der Waals surface area contributed by atoms with Crippen LogP contribution in [0.1, 0.15) is 215 Å². The summed E-state index contributed by atoms with van der Waals surface area (Å²) in [6, 6.07) is 26.4. The lowest BCUT2D eigenvalue weighted by Crippen LogP contribution is -2.43. The SMILES string of the molecule is N[C@@H](CCC(=O)N1CCC(Nc2nc(NCc3nnc(CCCNCCCNC4CCCCC4)o3)nc3ccccc23)CC1)C(=O)O.c1ccc2c(NC3CCNCC3)nc(NCc3nc(CCCNCCCNC4CCCCC4)cs3)nc2c1.c1ccc2c(NC3CCNCC3)nc(NCc3nnn(CCCNCCCNC4CCCCC4)n3)nc2c1. The van der Waals surface area contributed by atoms with Crippen LogP contribution >= 0.6 is 11.3 Å². The van der Waals surface area contributed by atoms with E-state index in [1.54, 1.807) is 21.0 Å². The Morgan fingerprint density at radius 3 is 1.41 bits per heavy atom. The minimum Gasteiger partial charge on any atom is -0.480 e. The summed E-state index contributed by atoms with van der Waals surface area (Å²) < 4.78 is 5.87. The molecular weight excluding hydrogens is 1570 g/mol. The highest BCUT2D eigenvalue weighted by Gasteiger charge is 2.27. The number of nitrogens with two attached hydrogens (primary N) is 1. The van der Waals surface area contributed by atoms with Gasteiger partial charge in [0.15, 0.2) is 5.82 Å². The molecule has 6 aliphatic rings. The average Bonchev–Trinajstić information content (AvgIpc) is 1.19. The number of benzene rings is 3. The number of nitrogens with one attached hydrogen (secondary N) is 14. The predicted molar refractivity (Wildman–Crippen MR) is 490 cm³/mol. The highest BCUT2D eigenvalue weighted by atomic mass is 32.1. The summed E-state index contributed by atoms with van der Waals surface area (Å²) >= 11 is 1.71. The van der Waals surface area contributed by atoms with E-state index in [1.807, 2.05) is 48.5 Å². The fourth-order valence-electron chi connectivity index (χ4n) is 17.0. The molecule has 3 aliphatic carbocycles. The average molecular weight is 1710 g/mol. The molecule has 15 rings (SSSR count). The number of fused-ring (bicyclic) bond motifs is 3. The van der Waals surface area contributed by atoms with Crippen LogP contribution < -0.4 is 80.2 Å². The Morgan fingerprint density at radius 1 is 0.472 bits per heavy atom. The van der Waals surface area contributed by atoms with Crippen molar-refractivity contribution in [3.8, 4) is 0 Å². The van der Waals surface area contributed by atoms with E-state index in [-0.39, 0.29) is 24.8 Å². The number of thiazole rings is 1. The van der Waals surface area contributed by atoms with E-state index < -0.39 is 12.0 Å². The van der Waals surface area contributed by atoms with Crippen LogP contribution in [0.3, 0.4) is 0 Å². The lowest BCUT2D eigenvalue weighted by Gasteiger charge is -2.33. The minimum atomic E-state index is -1.09. The Hall–Kier alpha value is -9.10. The molecule has 3 aliphatic heterocycles. The Bertz CT molecular complexity index is 4360. The first-order chi connectivity index (χ1) is 60.6. The number of carboxylic acid groups (broad SMARTS) is 1. The fourth-order valence-corrected chi connectivity index (χ4v) is 17.8. The normalized spacial score (nSPS) is 17.0. The summed E-state index contributed by atoms with van der Waals surface area (Å²) in [7, 11) is 0. The Morgan fingerprint density at radius 2 is 0.911 bits per heavy atom. The minimum absolute atomic E-state index is 0.0621. The first kappa shape index (κ1) is 91.6. The number of nitrogens with zero attached hydrogens (tertiary/aromatic N) is 14. The molecule has 1 atom stereocenters. The van der Waals surface area contributed by atoms with Crippen molar-refractivity contribution in [3.05, 3.63) is 106 Å². The van der Waals surface area contributed by atoms with E-state index in [4.69, 9.17) is 45.2 Å². The van der Waals surface area contributed by atoms with Gasteiger partial charge >= 0.3 is 5.97 Å². The van der Waals surface area contributed by atoms with E-state index in [0.717, 1.165) is 242 Å². The zero-order valence-corrected chi connectivity index (χ0v) is 73.1. The van der Waals surface area contributed by atoms with Crippen LogP contribution in [0.2, 0.25) is 0 Å². The molecule has 123 heavy (non-hydrogen) atoms. The number of para-hydroxylation sites is 3. The molecule has 6 aromatic heterocycles. The molecule has 6 fully saturated rings. The Labute approximate surface area is 729 Å². The van der Waals surface area contributed by atoms with Gasteiger partial charge in [-0.2, -0.15) is 19.7 Å². The molecule has 0 bridgehead atoms. The maximum atomic E-state index is 12.6. The molecule has 17 N–H and O–H groups in total. The number of piperidine rings is 3. The van der Waals surface area contributed by atoms with Gasteiger partial charge in [-0.25, -0.2) is 19.9 Å². The topological polar surface area (TPSA) is 425 Å². The van der Waals surface area contributed by atoms with Crippen LogP contribution in [0, 0.1) is 0 Å². The lowest BCUT2D eigenvalue weighted by atomic mass is 9.95. The zero-order chi connectivity index (χ0) is 84.5. The van der Waals surface area contributed by atoms with Crippen LogP contribution in [-0.2, 0) is 48.6 Å². The fraction of sp³-hybridized carbons (Fsp3) is 0.640. The lowest BCUT2D eigenvalue weighted by molar-refractivity contribution is -0.139. The maximum absolute atomic E-state index is 12.6. The number of rotatable bonds is 46. The number of hydrogen-bond acceptors (Lipinski definition) is 31. The predicted octanol–water partition coefficient (Wildman–Crippen LogP) is 10.4. The second kappa shape index (κ2) is 51.4. The number of carbonyl (C=O) groups excluding carboxylic acids is 1. The van der Waals surface area contributed by atoms with Gasteiger partial charge in [0.05, 0.1) is 48.4 Å². The second-order valence-corrected chi connectivity index (χ2v) is 34.7. The second-order valence-electron chi connectivity index (χ2n) is 33.8. The van der Waals surface area contributed by atoms with Crippen molar-refractivity contribution in [1.82, 2.24) is 113 Å². The molecule has 9 aromatic rings. The van der Waals surface area contributed by atoms with Gasteiger partial charge < -0.3 is 94.6 Å². The van der Waals surface area contributed by atoms with Gasteiger partial charge in [-0.15, -0.1) is 31.7 Å². The quantitative estimate of drug-likeness (QED) is 0.0158. The van der Waals surface area contributed by atoms with E-state index >= 15 is 0 Å². The molecule has 34 heteroatoms. The monoisotopic (exact) mass is 1710 g/mol. The Kier molecular flexibility index (Phi) is 38.2. The first-order valence-corrected chi connectivity index (χ1v) is 47.3. The van der Waals surface area contributed by atoms with Crippen molar-refractivity contribution < 1.29 is 19.1 Å². The smallest absolute Gasteiger partial charge is 0.320 e. The van der Waals surface area contributed by atoms with Gasteiger partial charge in [0.25, 0.3) is 0 Å². The molecule has 33 nitrogen and oxygen atoms in total. The van der Waals surface area contributed by atoms with Gasteiger partial charge in [0.2, 0.25) is 35.5 Å². The number of aryl methyl sites for hydroxylation is 3. The molecule has 0 spiro atoms. The number of aromatic nitrogens is 13. The van der Waals surface area contributed by atoms with E-state index in [0.29, 0.717) is 80.3 Å². The van der Waals surface area contributed by atoms with E-state index in [2.05, 4.69) is 135 Å². The van der Waals surface area contributed by atoms with Crippen LogP contribution in [0.15, 0.2) is 82.6 Å². The van der Waals surface area contributed by atoms with Gasteiger partial charge in [-0.3, -0.25) is 9.59 Å². The number of carbonyl (C=O) groups is 2. The number of amides is 1. The summed E-state index contributed by atoms with van der Waals surface area (Å²) in [5.41, 5.74) is 9.41. The van der Waals surface area contributed by atoms with Crippen molar-refractivity contribution in [2.24, 2.45) is 5.73 Å². The van der Waals surface area contributed by atoms with Crippen molar-refractivity contribution >= 4 is 91.2 Å². The van der Waals surface area contributed by atoms with Crippen LogP contribution in [-0.4, -0.2) is 228 Å². The number of anilines is 6. The van der Waals surface area contributed by atoms with Gasteiger partial charge in [0.1, 0.15) is 28.5 Å². The molecule has 1 amide bonds. The Balaban J connectivity index is 0.000000160. The number of aliphatic carboxylic acids is 1. The van der Waals surface area contributed by atoms with Crippen LogP contribution in [0.25, 0.3) is 32.7 Å². The van der Waals surface area contributed by atoms with Crippen LogP contribution in [0.5, 0.6) is 0 Å². The largest absolute Gasteiger partial charge is 0.480 e. The zero-order valence-electron chi connectivity index (χ0n) is 72.3. The van der Waals surface area contributed by atoms with Crippen molar-refractivity contribution in [3.63, 3.8) is 0 Å². The molecule has 3 saturated heterocycles. The number of likely N-dealkylation sites (tertiary alicyclic amines) is 1. The van der Waals surface area contributed by atoms with Crippen molar-refractivity contribution in [2.45, 2.75) is 268 Å². The molecule has 9 heterocycles. The number of hydrogen-bond donors (Lipinski definition) is 16. The highest BCUT2D eigenvalue weighted by Crippen LogP contribution is 2.30. The standard InChI is InChI=1S/C33H50N10O4.C29H44N8S.C27H43N11/c34-26(32(45)46)13-14-30(44)43-20-15-24(16-21-43)38-31-25-10-4-5-11-27(25)39-33(40-31)37-22-29-42-41-28(47-29)12-6-17-35-18-7-19-36-23-8-2-1-3-9-23;1-2-8-22(9-3-1)32-17-7-16-30-15-6-10-24-21-38-27(34-24)20-33-29-36-26-12-5-4-11-25(26)28(37-29)35-23-13-18-31-19-14-23;1-2-8-21(9-3-1)30-16-6-14-28-15-7-19-38-36-25(35-37-38)20-31-27-33-24-11-5-4-10-23(24)26(34-27)32-22-12-17-29-18-13-22/h4-5,10-11,23-24,26,35-36H,1-3,6-9,12-22,34H2,(H,45,46)(H2,37,38,39,40);4-5,11-12,21-23,30-32H,1-3,6-10,13-20H2,(H2,33,35,36,37);4-5,10-11,21-22,28-30H,1-3,6-9,12-20H2,(H2,31,32,33,34)/t26-;;/m0../s1. The van der Waals surface area contributed by atoms with Crippen LogP contribution in [0.4, 0.5) is 35.3 Å². The van der Waals surface area contributed by atoms with E-state index in [9.17, 15) is 9.59 Å². The van der Waals surface area contributed by atoms with Crippen molar-refractivity contribution in [1.29, 1.82) is 0 Å². The summed E-state index contributed by atoms with van der Waals surface area (Å²) in [4.78, 5) is 60.4. The molecule has 0 radical (unpaired) electrons. The molecule has 0 unspecified atom stereocenters. The third-order valence-corrected chi connectivity index (χ3v) is 25.0. The summed E-state index contributed by atoms with van der Waals surface area (Å²) in [6.45, 7) is 16.8. The molecule has 3 saturated carbocycles. The van der Waals surface area contributed by atoms with E-state index in [1.165, 1.54) is 115 Å². The van der Waals surface area contributed by atoms with Gasteiger partial charge in [-0.05, 0) is 255 Å². The molecule has 3 aromatic carbocycles. The molecule has 668 valence electrons. The number of tetrazole rings is 1. The van der Waals surface area contributed by atoms with Gasteiger partial charge in [0, 0.05) is 83.7 Å². The summed E-state index contributed by atoms with van der Waals surface area (Å²) in [5, 5.41) is 86.0. The van der Waals surface area contributed by atoms with Gasteiger partial charge in [-0.1, -0.05) is 94.2 Å². The maximum Gasteiger partial charge on any atom is 0.320 e. The van der Waals surface area contributed by atoms with Crippen molar-refractivity contribution in [2.75, 3.05) is 130 Å². The molecular formula is C89H137N29O4S. The summed E-state index contributed by atoms with van der Waals surface area (Å²) in [6.07, 6.45) is 35.0. The third kappa shape index (κ3) is 31.5. The number of carboxylic acids is 1. The first-order valence-electron chi connectivity index (χ1n) is 46.4. The third-order valence-electron chi connectivity index (χ3n) is 24.1. The highest BCUT2D eigenvalue weighted by molar-refractivity contribution is 7.09.